The number of piperidine rings is 3. The first-order chi connectivity index (χ1) is 10.8. The molecule has 0 radical (unpaired) electrons. The van der Waals surface area contributed by atoms with Gasteiger partial charge in [0.25, 0.3) is 0 Å². The maximum absolute atomic E-state index is 12.8. The van der Waals surface area contributed by atoms with E-state index in [-0.39, 0.29) is 5.91 Å². The Labute approximate surface area is 131 Å². The predicted molar refractivity (Wildman–Crippen MR) is 85.1 cm³/mol. The number of aromatic nitrogens is 1. The molecular weight excluding hydrogens is 274 g/mol. The average Bonchev–Trinajstić information content (AvgIpc) is 3.39. The Morgan fingerprint density at radius 3 is 2.55 bits per heavy atom. The van der Waals surface area contributed by atoms with Gasteiger partial charge in [-0.15, -0.1) is 0 Å². The van der Waals surface area contributed by atoms with E-state index in [1.807, 2.05) is 18.2 Å². The van der Waals surface area contributed by atoms with Gasteiger partial charge in [-0.3, -0.25) is 14.7 Å². The predicted octanol–water partition coefficient (Wildman–Crippen LogP) is 2.22. The Hall–Kier alpha value is -1.68. The van der Waals surface area contributed by atoms with Gasteiger partial charge in [0, 0.05) is 37.6 Å². The number of amides is 1. The van der Waals surface area contributed by atoms with Crippen LogP contribution in [0.1, 0.15) is 31.2 Å². The molecule has 0 N–H and O–H groups in total. The maximum Gasteiger partial charge on any atom is 0.247 e. The van der Waals surface area contributed by atoms with Crippen molar-refractivity contribution in [3.05, 3.63) is 41.7 Å². The van der Waals surface area contributed by atoms with Crippen LogP contribution in [-0.2, 0) is 11.3 Å². The number of carbonyl (C=O) groups excluding carboxylic acids is 1. The monoisotopic (exact) mass is 297 g/mol. The SMILES string of the molecule is O=C(C=C1CN2CCC1CC2)N(Cc1ccncc1)C1CC1. The highest BCUT2D eigenvalue weighted by Gasteiger charge is 2.34. The lowest BCUT2D eigenvalue weighted by molar-refractivity contribution is -0.127. The van der Waals surface area contributed by atoms with Crippen LogP contribution in [0.3, 0.4) is 0 Å². The van der Waals surface area contributed by atoms with Crippen LogP contribution < -0.4 is 0 Å². The average molecular weight is 297 g/mol. The molecule has 22 heavy (non-hydrogen) atoms. The summed E-state index contributed by atoms with van der Waals surface area (Å²) in [6.07, 6.45) is 10.3. The van der Waals surface area contributed by atoms with E-state index in [1.54, 1.807) is 12.4 Å². The number of fused-ring (bicyclic) bond motifs is 3. The van der Waals surface area contributed by atoms with Crippen LogP contribution >= 0.6 is 0 Å². The number of pyridine rings is 1. The van der Waals surface area contributed by atoms with Crippen molar-refractivity contribution in [2.24, 2.45) is 5.92 Å². The van der Waals surface area contributed by atoms with Crippen LogP contribution in [0.4, 0.5) is 0 Å². The number of hydrogen-bond donors (Lipinski definition) is 0. The molecule has 4 nitrogen and oxygen atoms in total. The lowest BCUT2D eigenvalue weighted by Gasteiger charge is -2.41. The quantitative estimate of drug-likeness (QED) is 0.800. The van der Waals surface area contributed by atoms with Crippen LogP contribution in [0.15, 0.2) is 36.2 Å². The lowest BCUT2D eigenvalue weighted by atomic mass is 9.83. The fourth-order valence-electron chi connectivity index (χ4n) is 3.71. The van der Waals surface area contributed by atoms with Crippen molar-refractivity contribution in [2.75, 3.05) is 19.6 Å². The molecule has 1 amide bonds. The number of rotatable bonds is 4. The molecule has 1 saturated carbocycles. The normalized spacial score (nSPS) is 28.8. The molecule has 5 rings (SSSR count). The van der Waals surface area contributed by atoms with Crippen molar-refractivity contribution >= 4 is 5.91 Å². The number of hydrogen-bond acceptors (Lipinski definition) is 3. The van der Waals surface area contributed by atoms with Gasteiger partial charge in [0.15, 0.2) is 0 Å². The molecule has 4 heterocycles. The zero-order valence-corrected chi connectivity index (χ0v) is 12.9. The standard InChI is InChI=1S/C18H23N3O/c22-18(11-16-13-20-9-5-15(16)6-10-20)21(17-1-2-17)12-14-3-7-19-8-4-14/h3-4,7-8,11,15,17H,1-2,5-6,9-10,12-13H2. The fraction of sp³-hybridized carbons (Fsp3) is 0.556. The third kappa shape index (κ3) is 2.93. The molecule has 0 aromatic carbocycles. The minimum Gasteiger partial charge on any atom is -0.332 e. The summed E-state index contributed by atoms with van der Waals surface area (Å²) in [5, 5.41) is 0. The molecule has 1 aliphatic carbocycles. The van der Waals surface area contributed by atoms with E-state index in [9.17, 15) is 4.79 Å². The summed E-state index contributed by atoms with van der Waals surface area (Å²) in [5.74, 6) is 0.860. The van der Waals surface area contributed by atoms with Crippen LogP contribution in [0, 0.1) is 5.92 Å². The molecule has 1 aromatic rings. The second-order valence-electron chi connectivity index (χ2n) is 6.82. The first-order valence-corrected chi connectivity index (χ1v) is 8.42. The zero-order chi connectivity index (χ0) is 14.9. The van der Waals surface area contributed by atoms with Gasteiger partial charge in [-0.2, -0.15) is 0 Å². The molecule has 1 aromatic heterocycles. The van der Waals surface area contributed by atoms with Crippen molar-refractivity contribution in [1.82, 2.24) is 14.8 Å². The summed E-state index contributed by atoms with van der Waals surface area (Å²) < 4.78 is 0. The summed E-state index contributed by atoms with van der Waals surface area (Å²) in [4.78, 5) is 21.4. The third-order valence-corrected chi connectivity index (χ3v) is 5.20. The van der Waals surface area contributed by atoms with E-state index >= 15 is 0 Å². The molecule has 0 spiro atoms. The second-order valence-corrected chi connectivity index (χ2v) is 6.82. The molecule has 2 bridgehead atoms. The van der Waals surface area contributed by atoms with E-state index in [1.165, 1.54) is 37.1 Å². The van der Waals surface area contributed by atoms with Crippen molar-refractivity contribution in [3.8, 4) is 0 Å². The van der Waals surface area contributed by atoms with Gasteiger partial charge in [0.1, 0.15) is 0 Å². The smallest absolute Gasteiger partial charge is 0.247 e. The van der Waals surface area contributed by atoms with Gasteiger partial charge in [0.05, 0.1) is 0 Å². The minimum absolute atomic E-state index is 0.211. The molecule has 0 unspecified atom stereocenters. The van der Waals surface area contributed by atoms with Gasteiger partial charge in [-0.05, 0) is 68.0 Å². The summed E-state index contributed by atoms with van der Waals surface area (Å²) >= 11 is 0. The van der Waals surface area contributed by atoms with E-state index in [0.29, 0.717) is 18.5 Å². The van der Waals surface area contributed by atoms with Gasteiger partial charge in [-0.1, -0.05) is 0 Å². The molecule has 116 valence electrons. The Balaban J connectivity index is 1.49. The van der Waals surface area contributed by atoms with E-state index < -0.39 is 0 Å². The van der Waals surface area contributed by atoms with Crippen LogP contribution in [0.25, 0.3) is 0 Å². The van der Waals surface area contributed by atoms with Crippen LogP contribution in [-0.4, -0.2) is 46.4 Å². The second kappa shape index (κ2) is 5.84. The van der Waals surface area contributed by atoms with Gasteiger partial charge >= 0.3 is 0 Å². The van der Waals surface area contributed by atoms with E-state index in [2.05, 4.69) is 14.8 Å². The maximum atomic E-state index is 12.8. The molecule has 4 heteroatoms. The highest BCUT2D eigenvalue weighted by atomic mass is 16.2. The summed E-state index contributed by atoms with van der Waals surface area (Å²) in [6.45, 7) is 4.13. The summed E-state index contributed by atoms with van der Waals surface area (Å²) in [6, 6.07) is 4.45. The first-order valence-electron chi connectivity index (χ1n) is 8.42. The Bertz CT molecular complexity index is 571. The summed E-state index contributed by atoms with van der Waals surface area (Å²) in [7, 11) is 0. The lowest BCUT2D eigenvalue weighted by Crippen LogP contribution is -2.43. The Kier molecular flexibility index (Phi) is 3.70. The Morgan fingerprint density at radius 1 is 1.23 bits per heavy atom. The highest BCUT2D eigenvalue weighted by molar-refractivity contribution is 5.89. The molecule has 3 aliphatic heterocycles. The van der Waals surface area contributed by atoms with Gasteiger partial charge in [0.2, 0.25) is 5.91 Å². The van der Waals surface area contributed by atoms with E-state index in [0.717, 1.165) is 19.4 Å². The van der Waals surface area contributed by atoms with Crippen LogP contribution in [0.2, 0.25) is 0 Å². The molecule has 3 saturated heterocycles. The third-order valence-electron chi connectivity index (χ3n) is 5.20. The van der Waals surface area contributed by atoms with Crippen molar-refractivity contribution in [2.45, 2.75) is 38.3 Å². The fourth-order valence-corrected chi connectivity index (χ4v) is 3.71. The Morgan fingerprint density at radius 2 is 1.95 bits per heavy atom. The zero-order valence-electron chi connectivity index (χ0n) is 12.9. The highest BCUT2D eigenvalue weighted by Crippen LogP contribution is 2.33. The molecular formula is C18H23N3O. The van der Waals surface area contributed by atoms with Crippen molar-refractivity contribution in [1.29, 1.82) is 0 Å². The number of carbonyl (C=O) groups is 1. The molecule has 4 fully saturated rings. The molecule has 0 atom stereocenters. The largest absolute Gasteiger partial charge is 0.332 e. The van der Waals surface area contributed by atoms with E-state index in [4.69, 9.17) is 0 Å². The molecule has 4 aliphatic rings. The summed E-state index contributed by atoms with van der Waals surface area (Å²) in [5.41, 5.74) is 2.53. The van der Waals surface area contributed by atoms with Gasteiger partial charge in [-0.25, -0.2) is 0 Å². The van der Waals surface area contributed by atoms with Gasteiger partial charge < -0.3 is 4.90 Å². The minimum atomic E-state index is 0.211. The van der Waals surface area contributed by atoms with Crippen molar-refractivity contribution < 1.29 is 4.79 Å². The number of nitrogens with zero attached hydrogens (tertiary/aromatic N) is 3. The van der Waals surface area contributed by atoms with Crippen LogP contribution in [0.5, 0.6) is 0 Å². The first kappa shape index (κ1) is 13.9. The van der Waals surface area contributed by atoms with Crippen molar-refractivity contribution in [3.63, 3.8) is 0 Å². The topological polar surface area (TPSA) is 36.4 Å².